The van der Waals surface area contributed by atoms with Crippen molar-refractivity contribution in [2.75, 3.05) is 0 Å². The van der Waals surface area contributed by atoms with Crippen LogP contribution in [-0.4, -0.2) is 26.7 Å². The molecule has 5 nitrogen and oxygen atoms in total. The molecular formula is C18H21FN4O. The van der Waals surface area contributed by atoms with Gasteiger partial charge in [0, 0.05) is 30.5 Å². The van der Waals surface area contributed by atoms with E-state index in [-0.39, 0.29) is 23.7 Å². The van der Waals surface area contributed by atoms with Crippen LogP contribution in [0.2, 0.25) is 0 Å². The molecule has 24 heavy (non-hydrogen) atoms. The zero-order valence-electron chi connectivity index (χ0n) is 13.5. The fraction of sp³-hybridized carbons (Fsp3) is 0.500. The van der Waals surface area contributed by atoms with Gasteiger partial charge in [-0.2, -0.15) is 0 Å². The van der Waals surface area contributed by atoms with Gasteiger partial charge in [0.1, 0.15) is 11.6 Å². The molecule has 1 amide bonds. The number of hydrogen-bond donors (Lipinski definition) is 1. The first kappa shape index (κ1) is 15.3. The molecule has 0 bridgehead atoms. The average Bonchev–Trinajstić information content (AvgIpc) is 3.25. The van der Waals surface area contributed by atoms with Crippen LogP contribution in [0.4, 0.5) is 4.39 Å². The number of aryl methyl sites for hydroxylation is 1. The highest BCUT2D eigenvalue weighted by Gasteiger charge is 2.28. The Labute approximate surface area is 140 Å². The summed E-state index contributed by atoms with van der Waals surface area (Å²) in [6, 6.07) is 6.40. The molecule has 6 heteroatoms. The Kier molecular flexibility index (Phi) is 4.04. The van der Waals surface area contributed by atoms with Gasteiger partial charge < -0.3 is 9.88 Å². The fourth-order valence-corrected chi connectivity index (χ4v) is 3.76. The van der Waals surface area contributed by atoms with Crippen LogP contribution in [0.25, 0.3) is 11.4 Å². The number of nitrogens with one attached hydrogen (secondary N) is 1. The van der Waals surface area contributed by atoms with Gasteiger partial charge in [0.15, 0.2) is 5.82 Å². The quantitative estimate of drug-likeness (QED) is 0.942. The number of amides is 1. The Balaban J connectivity index is 1.50. The van der Waals surface area contributed by atoms with Crippen molar-refractivity contribution < 1.29 is 9.18 Å². The minimum Gasteiger partial charge on any atom is -0.351 e. The lowest BCUT2D eigenvalue weighted by Crippen LogP contribution is -2.43. The SMILES string of the molecule is O=C(NC1CCc2nnc(-c3ccc(F)cc3)n2C1)C1CCCC1. The van der Waals surface area contributed by atoms with Crippen molar-refractivity contribution in [3.05, 3.63) is 35.9 Å². The Bertz CT molecular complexity index is 734. The number of halogens is 1. The fourth-order valence-electron chi connectivity index (χ4n) is 3.76. The Hall–Kier alpha value is -2.24. The summed E-state index contributed by atoms with van der Waals surface area (Å²) in [4.78, 5) is 12.4. The number of carbonyl (C=O) groups is 1. The molecule has 2 heterocycles. The van der Waals surface area contributed by atoms with Crippen molar-refractivity contribution in [1.29, 1.82) is 0 Å². The summed E-state index contributed by atoms with van der Waals surface area (Å²) in [5.41, 5.74) is 0.845. The minimum atomic E-state index is -0.265. The van der Waals surface area contributed by atoms with Gasteiger partial charge >= 0.3 is 0 Å². The number of nitrogens with zero attached hydrogens (tertiary/aromatic N) is 3. The molecule has 4 rings (SSSR count). The number of aromatic nitrogens is 3. The third-order valence-corrected chi connectivity index (χ3v) is 5.12. The van der Waals surface area contributed by atoms with Gasteiger partial charge in [0.2, 0.25) is 5.91 Å². The molecule has 1 aromatic carbocycles. The van der Waals surface area contributed by atoms with E-state index in [9.17, 15) is 9.18 Å². The van der Waals surface area contributed by atoms with Crippen LogP contribution in [-0.2, 0) is 17.8 Å². The van der Waals surface area contributed by atoms with Crippen LogP contribution in [0.5, 0.6) is 0 Å². The first-order valence-electron chi connectivity index (χ1n) is 8.69. The third kappa shape index (κ3) is 2.92. The zero-order valence-corrected chi connectivity index (χ0v) is 13.5. The highest BCUT2D eigenvalue weighted by molar-refractivity contribution is 5.79. The monoisotopic (exact) mass is 328 g/mol. The van der Waals surface area contributed by atoms with Crippen LogP contribution in [0.1, 0.15) is 37.9 Å². The van der Waals surface area contributed by atoms with E-state index in [2.05, 4.69) is 20.1 Å². The first-order chi connectivity index (χ1) is 11.7. The molecule has 1 aliphatic heterocycles. The van der Waals surface area contributed by atoms with Crippen molar-refractivity contribution in [3.63, 3.8) is 0 Å². The topological polar surface area (TPSA) is 59.8 Å². The van der Waals surface area contributed by atoms with Crippen LogP contribution >= 0.6 is 0 Å². The van der Waals surface area contributed by atoms with Crippen LogP contribution in [0, 0.1) is 11.7 Å². The molecule has 126 valence electrons. The lowest BCUT2D eigenvalue weighted by atomic mass is 10.0. The number of benzene rings is 1. The molecule has 1 atom stereocenters. The van der Waals surface area contributed by atoms with Crippen LogP contribution < -0.4 is 5.32 Å². The lowest BCUT2D eigenvalue weighted by Gasteiger charge is -2.26. The molecule has 1 aliphatic carbocycles. The number of carbonyl (C=O) groups excluding carboxylic acids is 1. The van der Waals surface area contributed by atoms with E-state index in [0.29, 0.717) is 6.54 Å². The third-order valence-electron chi connectivity index (χ3n) is 5.12. The van der Waals surface area contributed by atoms with Gasteiger partial charge in [-0.15, -0.1) is 10.2 Å². The largest absolute Gasteiger partial charge is 0.351 e. The molecule has 0 saturated heterocycles. The van der Waals surface area contributed by atoms with Crippen molar-refractivity contribution >= 4 is 5.91 Å². The summed E-state index contributed by atoms with van der Waals surface area (Å²) in [5.74, 6) is 1.78. The van der Waals surface area contributed by atoms with Gasteiger partial charge in [-0.25, -0.2) is 4.39 Å². The molecule has 0 spiro atoms. The predicted molar refractivity (Wildman–Crippen MR) is 87.6 cm³/mol. The maximum atomic E-state index is 13.1. The van der Waals surface area contributed by atoms with E-state index >= 15 is 0 Å². The van der Waals surface area contributed by atoms with Gasteiger partial charge in [-0.3, -0.25) is 4.79 Å². The Morgan fingerprint density at radius 3 is 2.62 bits per heavy atom. The predicted octanol–water partition coefficient (Wildman–Crippen LogP) is 2.71. The normalized spacial score (nSPS) is 20.8. The second-order valence-corrected chi connectivity index (χ2v) is 6.78. The van der Waals surface area contributed by atoms with Gasteiger partial charge in [-0.05, 0) is 43.5 Å². The number of hydrogen-bond acceptors (Lipinski definition) is 3. The standard InChI is InChI=1S/C18H21FN4O/c19-14-7-5-12(6-8-14)17-22-21-16-10-9-15(11-23(16)17)20-18(24)13-3-1-2-4-13/h5-8,13,15H,1-4,9-11H2,(H,20,24). The molecule has 1 N–H and O–H groups in total. The summed E-state index contributed by atoms with van der Waals surface area (Å²) >= 11 is 0. The highest BCUT2D eigenvalue weighted by atomic mass is 19.1. The van der Waals surface area contributed by atoms with Crippen LogP contribution in [0.15, 0.2) is 24.3 Å². The van der Waals surface area contributed by atoms with Gasteiger partial charge in [0.05, 0.1) is 0 Å². The average molecular weight is 328 g/mol. The summed E-state index contributed by atoms with van der Waals surface area (Å²) < 4.78 is 15.2. The van der Waals surface area contributed by atoms with Gasteiger partial charge in [0.25, 0.3) is 0 Å². The van der Waals surface area contributed by atoms with E-state index in [1.807, 2.05) is 0 Å². The van der Waals surface area contributed by atoms with E-state index in [0.717, 1.165) is 55.7 Å². The molecule has 1 fully saturated rings. The summed E-state index contributed by atoms with van der Waals surface area (Å²) in [6.45, 7) is 0.674. The number of fused-ring (bicyclic) bond motifs is 1. The molecule has 1 unspecified atom stereocenters. The van der Waals surface area contributed by atoms with E-state index in [1.54, 1.807) is 12.1 Å². The van der Waals surface area contributed by atoms with Crippen molar-refractivity contribution in [2.24, 2.45) is 5.92 Å². The molecule has 1 aromatic heterocycles. The van der Waals surface area contributed by atoms with Crippen molar-refractivity contribution in [3.8, 4) is 11.4 Å². The maximum Gasteiger partial charge on any atom is 0.223 e. The zero-order chi connectivity index (χ0) is 16.5. The Morgan fingerprint density at radius 2 is 1.88 bits per heavy atom. The Morgan fingerprint density at radius 1 is 1.12 bits per heavy atom. The summed E-state index contributed by atoms with van der Waals surface area (Å²) in [7, 11) is 0. The maximum absolute atomic E-state index is 13.1. The molecule has 2 aromatic rings. The molecule has 0 radical (unpaired) electrons. The van der Waals surface area contributed by atoms with E-state index in [4.69, 9.17) is 0 Å². The molecule has 1 saturated carbocycles. The van der Waals surface area contributed by atoms with Crippen molar-refractivity contribution in [2.45, 2.75) is 51.1 Å². The second-order valence-electron chi connectivity index (χ2n) is 6.78. The first-order valence-corrected chi connectivity index (χ1v) is 8.69. The molecular weight excluding hydrogens is 307 g/mol. The highest BCUT2D eigenvalue weighted by Crippen LogP contribution is 2.26. The smallest absolute Gasteiger partial charge is 0.223 e. The summed E-state index contributed by atoms with van der Waals surface area (Å²) in [6.07, 6.45) is 6.03. The van der Waals surface area contributed by atoms with Gasteiger partial charge in [-0.1, -0.05) is 12.8 Å². The minimum absolute atomic E-state index is 0.112. The second kappa shape index (κ2) is 6.34. The van der Waals surface area contributed by atoms with E-state index < -0.39 is 0 Å². The summed E-state index contributed by atoms with van der Waals surface area (Å²) in [5, 5.41) is 11.7. The van der Waals surface area contributed by atoms with Crippen LogP contribution in [0.3, 0.4) is 0 Å². The molecule has 2 aliphatic rings. The number of rotatable bonds is 3. The van der Waals surface area contributed by atoms with Crippen molar-refractivity contribution in [1.82, 2.24) is 20.1 Å². The van der Waals surface area contributed by atoms with E-state index in [1.165, 1.54) is 12.1 Å². The lowest BCUT2D eigenvalue weighted by molar-refractivity contribution is -0.125.